The molecule has 8 heteroatoms. The van der Waals surface area contributed by atoms with Gasteiger partial charge >= 0.3 is 0 Å². The third-order valence-electron chi connectivity index (χ3n) is 2.90. The van der Waals surface area contributed by atoms with Crippen LogP contribution in [0.25, 0.3) is 0 Å². The summed E-state index contributed by atoms with van der Waals surface area (Å²) < 4.78 is 2.32. The van der Waals surface area contributed by atoms with Gasteiger partial charge in [-0.2, -0.15) is 5.10 Å². The Balaban J connectivity index is 1.92. The first kappa shape index (κ1) is 18.1. The van der Waals surface area contributed by atoms with Gasteiger partial charge in [-0.25, -0.2) is 0 Å². The van der Waals surface area contributed by atoms with Crippen LogP contribution in [0.1, 0.15) is 22.6 Å². The summed E-state index contributed by atoms with van der Waals surface area (Å²) in [6.45, 7) is 0. The van der Waals surface area contributed by atoms with Gasteiger partial charge in [-0.05, 0) is 94.0 Å². The van der Waals surface area contributed by atoms with Gasteiger partial charge in [0.15, 0.2) is 5.11 Å². The highest BCUT2D eigenvalue weighted by molar-refractivity contribution is 9.11. The minimum Gasteiger partial charge on any atom is -0.375 e. The average molecular weight is 481 g/mol. The Morgan fingerprint density at radius 1 is 1.05 bits per heavy atom. The Morgan fingerprint density at radius 3 is 1.91 bits per heavy atom. The summed E-state index contributed by atoms with van der Waals surface area (Å²) >= 11 is 15.3. The first-order chi connectivity index (χ1) is 10.5. The SMILES string of the molecule is NC(=S)NN=C(CCc1ccc(Br)s1)CCc1ccc(Br)s1. The van der Waals surface area contributed by atoms with Gasteiger partial charge in [0.25, 0.3) is 0 Å². The van der Waals surface area contributed by atoms with Crippen LogP contribution < -0.4 is 11.2 Å². The molecule has 0 amide bonds. The maximum atomic E-state index is 5.47. The number of thiocarbonyl (C=S) groups is 1. The van der Waals surface area contributed by atoms with E-state index < -0.39 is 0 Å². The molecule has 0 aromatic carbocycles. The van der Waals surface area contributed by atoms with Crippen LogP contribution in [0.3, 0.4) is 0 Å². The van der Waals surface area contributed by atoms with E-state index in [4.69, 9.17) is 18.0 Å². The van der Waals surface area contributed by atoms with Crippen LogP contribution in [-0.2, 0) is 12.8 Å². The molecule has 2 aromatic heterocycles. The summed E-state index contributed by atoms with van der Waals surface area (Å²) in [5.74, 6) is 0. The molecule has 22 heavy (non-hydrogen) atoms. The lowest BCUT2D eigenvalue weighted by atomic mass is 10.1. The lowest BCUT2D eigenvalue weighted by molar-refractivity contribution is 0.923. The van der Waals surface area contributed by atoms with Gasteiger partial charge in [-0.1, -0.05) is 0 Å². The van der Waals surface area contributed by atoms with Crippen molar-refractivity contribution in [3.63, 3.8) is 0 Å². The predicted molar refractivity (Wildman–Crippen MR) is 108 cm³/mol. The summed E-state index contributed by atoms with van der Waals surface area (Å²) in [4.78, 5) is 2.68. The molecule has 3 nitrogen and oxygen atoms in total. The van der Waals surface area contributed by atoms with Crippen LogP contribution in [0.5, 0.6) is 0 Å². The average Bonchev–Trinajstić information content (AvgIpc) is 3.06. The minimum absolute atomic E-state index is 0.204. The predicted octanol–water partition coefficient (Wildman–Crippen LogP) is 5.09. The van der Waals surface area contributed by atoms with E-state index in [2.05, 4.69) is 66.7 Å². The monoisotopic (exact) mass is 479 g/mol. The topological polar surface area (TPSA) is 50.4 Å². The quantitative estimate of drug-likeness (QED) is 0.329. The first-order valence-corrected chi connectivity index (χ1v) is 10.2. The zero-order chi connectivity index (χ0) is 15.9. The standard InChI is InChI=1S/C14H15Br2N3S3/c15-12-7-5-10(21-12)3-1-9(18-19-14(17)20)2-4-11-6-8-13(16)22-11/h5-8H,1-4H2,(H3,17,19,20). The lowest BCUT2D eigenvalue weighted by Gasteiger charge is -2.06. The van der Waals surface area contributed by atoms with E-state index >= 15 is 0 Å². The summed E-state index contributed by atoms with van der Waals surface area (Å²) in [5, 5.41) is 4.56. The van der Waals surface area contributed by atoms with Crippen LogP contribution in [0.4, 0.5) is 0 Å². The molecule has 3 N–H and O–H groups in total. The second-order valence-corrected chi connectivity index (χ2v) is 10.1. The number of thiophene rings is 2. The molecule has 2 heterocycles. The van der Waals surface area contributed by atoms with E-state index in [0.29, 0.717) is 0 Å². The second kappa shape index (κ2) is 9.12. The molecule has 0 spiro atoms. The third-order valence-corrected chi connectivity index (χ3v) is 6.36. The van der Waals surface area contributed by atoms with Crippen molar-refractivity contribution in [3.8, 4) is 0 Å². The first-order valence-electron chi connectivity index (χ1n) is 6.62. The van der Waals surface area contributed by atoms with Crippen molar-refractivity contribution in [1.82, 2.24) is 5.43 Å². The molecule has 0 atom stereocenters. The largest absolute Gasteiger partial charge is 0.375 e. The van der Waals surface area contributed by atoms with Gasteiger partial charge in [0.05, 0.1) is 7.57 Å². The number of hydrogen-bond donors (Lipinski definition) is 2. The molecule has 0 aliphatic rings. The third kappa shape index (κ3) is 6.45. The number of rotatable bonds is 7. The highest BCUT2D eigenvalue weighted by atomic mass is 79.9. The van der Waals surface area contributed by atoms with Gasteiger partial charge in [-0.3, -0.25) is 5.43 Å². The maximum absolute atomic E-state index is 5.47. The summed E-state index contributed by atoms with van der Waals surface area (Å²) in [5.41, 5.74) is 9.27. The molecule has 0 aliphatic heterocycles. The molecule has 0 saturated heterocycles. The smallest absolute Gasteiger partial charge is 0.184 e. The van der Waals surface area contributed by atoms with Gasteiger partial charge in [0.2, 0.25) is 0 Å². The molecule has 2 rings (SSSR count). The Kier molecular flexibility index (Phi) is 7.49. The fourth-order valence-electron chi connectivity index (χ4n) is 1.88. The molecule has 0 radical (unpaired) electrons. The minimum atomic E-state index is 0.204. The van der Waals surface area contributed by atoms with Crippen molar-refractivity contribution in [2.24, 2.45) is 10.8 Å². The van der Waals surface area contributed by atoms with Crippen molar-refractivity contribution < 1.29 is 0 Å². The molecule has 2 aromatic rings. The van der Waals surface area contributed by atoms with E-state index in [0.717, 1.165) is 39.0 Å². The van der Waals surface area contributed by atoms with E-state index in [1.165, 1.54) is 9.75 Å². The van der Waals surface area contributed by atoms with Gasteiger partial charge in [-0.15, -0.1) is 22.7 Å². The zero-order valence-electron chi connectivity index (χ0n) is 11.6. The van der Waals surface area contributed by atoms with Crippen LogP contribution in [0.15, 0.2) is 36.9 Å². The Labute approximate surface area is 160 Å². The number of hydrazone groups is 1. The number of hydrogen-bond acceptors (Lipinski definition) is 4. The summed E-state index contributed by atoms with van der Waals surface area (Å²) in [6.07, 6.45) is 3.74. The van der Waals surface area contributed by atoms with Crippen molar-refractivity contribution in [2.75, 3.05) is 0 Å². The number of nitrogens with two attached hydrogens (primary N) is 1. The fraction of sp³-hybridized carbons (Fsp3) is 0.286. The van der Waals surface area contributed by atoms with Crippen molar-refractivity contribution in [3.05, 3.63) is 41.6 Å². The van der Waals surface area contributed by atoms with Crippen molar-refractivity contribution >= 4 is 77.6 Å². The lowest BCUT2D eigenvalue weighted by Crippen LogP contribution is -2.25. The normalized spacial score (nSPS) is 10.5. The molecular weight excluding hydrogens is 466 g/mol. The van der Waals surface area contributed by atoms with E-state index in [1.807, 2.05) is 0 Å². The van der Waals surface area contributed by atoms with Crippen LogP contribution >= 0.6 is 66.8 Å². The molecular formula is C14H15Br2N3S3. The molecule has 118 valence electrons. The zero-order valence-corrected chi connectivity index (χ0v) is 17.3. The van der Waals surface area contributed by atoms with Crippen LogP contribution in [0, 0.1) is 0 Å². The van der Waals surface area contributed by atoms with Crippen molar-refractivity contribution in [1.29, 1.82) is 0 Å². The maximum Gasteiger partial charge on any atom is 0.184 e. The Bertz CT molecular complexity index is 618. The van der Waals surface area contributed by atoms with E-state index in [1.54, 1.807) is 22.7 Å². The van der Waals surface area contributed by atoms with Crippen LogP contribution in [0.2, 0.25) is 0 Å². The fourth-order valence-corrected chi connectivity index (χ4v) is 4.89. The van der Waals surface area contributed by atoms with Crippen molar-refractivity contribution in [2.45, 2.75) is 25.7 Å². The number of aryl methyl sites for hydroxylation is 2. The van der Waals surface area contributed by atoms with E-state index in [-0.39, 0.29) is 5.11 Å². The highest BCUT2D eigenvalue weighted by Gasteiger charge is 2.06. The van der Waals surface area contributed by atoms with Gasteiger partial charge < -0.3 is 5.73 Å². The number of nitrogens with zero attached hydrogens (tertiary/aromatic N) is 1. The van der Waals surface area contributed by atoms with E-state index in [9.17, 15) is 0 Å². The molecule has 0 unspecified atom stereocenters. The Morgan fingerprint density at radius 2 is 1.55 bits per heavy atom. The van der Waals surface area contributed by atoms with Crippen LogP contribution in [-0.4, -0.2) is 10.8 Å². The van der Waals surface area contributed by atoms with Gasteiger partial charge in [0, 0.05) is 15.5 Å². The second-order valence-electron chi connectivity index (χ2n) is 4.57. The molecule has 0 fully saturated rings. The summed E-state index contributed by atoms with van der Waals surface area (Å²) in [6, 6.07) is 8.44. The molecule has 0 saturated carbocycles. The number of halogens is 2. The van der Waals surface area contributed by atoms with Gasteiger partial charge in [0.1, 0.15) is 0 Å². The summed E-state index contributed by atoms with van der Waals surface area (Å²) in [7, 11) is 0. The Hall–Kier alpha value is -0.280. The highest BCUT2D eigenvalue weighted by Crippen LogP contribution is 2.25. The molecule has 0 bridgehead atoms. The number of nitrogens with one attached hydrogen (secondary N) is 1. The molecule has 0 aliphatic carbocycles.